The van der Waals surface area contributed by atoms with Gasteiger partial charge < -0.3 is 15.0 Å². The van der Waals surface area contributed by atoms with Crippen LogP contribution in [0.1, 0.15) is 29.6 Å². The minimum atomic E-state index is -0.367. The van der Waals surface area contributed by atoms with Crippen LogP contribution in [0.3, 0.4) is 0 Å². The van der Waals surface area contributed by atoms with E-state index in [1.807, 2.05) is 0 Å². The molecule has 0 radical (unpaired) electrons. The van der Waals surface area contributed by atoms with Gasteiger partial charge in [0, 0.05) is 26.1 Å². The Kier molecular flexibility index (Phi) is 5.91. The molecule has 1 aliphatic rings. The normalized spacial score (nSPS) is 14.9. The molecule has 0 aliphatic carbocycles. The Hall–Kier alpha value is -1.46. The maximum Gasteiger partial charge on any atom is 0.256 e. The summed E-state index contributed by atoms with van der Waals surface area (Å²) < 4.78 is 5.15. The SMILES string of the molecule is COc1c(Cl)ccc(Cl)c1C(=O)NCCN1CCCCC1=O. The average Bonchev–Trinajstić information content (AvgIpc) is 2.51. The number of hydrogen-bond donors (Lipinski definition) is 1. The molecule has 0 bridgehead atoms. The minimum absolute atomic E-state index is 0.138. The van der Waals surface area contributed by atoms with Gasteiger partial charge in [0.25, 0.3) is 5.91 Å². The van der Waals surface area contributed by atoms with E-state index in [1.165, 1.54) is 7.11 Å². The molecule has 0 unspecified atom stereocenters. The molecule has 5 nitrogen and oxygen atoms in total. The Morgan fingerprint density at radius 3 is 2.73 bits per heavy atom. The van der Waals surface area contributed by atoms with Gasteiger partial charge in [0.05, 0.1) is 17.2 Å². The van der Waals surface area contributed by atoms with Crippen molar-refractivity contribution in [2.45, 2.75) is 19.3 Å². The first-order valence-electron chi connectivity index (χ1n) is 7.12. The summed E-state index contributed by atoms with van der Waals surface area (Å²) >= 11 is 12.1. The smallest absolute Gasteiger partial charge is 0.256 e. The fourth-order valence-corrected chi connectivity index (χ4v) is 2.90. The van der Waals surface area contributed by atoms with Crippen LogP contribution < -0.4 is 10.1 Å². The number of ether oxygens (including phenoxy) is 1. The number of nitrogens with one attached hydrogen (secondary N) is 1. The second-order valence-corrected chi connectivity index (χ2v) is 5.85. The first kappa shape index (κ1) is 16.9. The van der Waals surface area contributed by atoms with Crippen LogP contribution in [0.15, 0.2) is 12.1 Å². The fourth-order valence-electron chi connectivity index (χ4n) is 2.44. The number of nitrogens with zero attached hydrogens (tertiary/aromatic N) is 1. The standard InChI is InChI=1S/C15H18Cl2N2O3/c1-22-14-11(17)6-5-10(16)13(14)15(21)18-7-9-19-8-3-2-4-12(19)20/h5-6H,2-4,7-9H2,1H3,(H,18,21). The van der Waals surface area contributed by atoms with Gasteiger partial charge in [-0.05, 0) is 25.0 Å². The van der Waals surface area contributed by atoms with E-state index in [9.17, 15) is 9.59 Å². The number of halogens is 2. The molecule has 120 valence electrons. The molecular weight excluding hydrogens is 327 g/mol. The molecule has 1 aliphatic heterocycles. The van der Waals surface area contributed by atoms with E-state index in [0.717, 1.165) is 19.4 Å². The molecule has 1 saturated heterocycles. The van der Waals surface area contributed by atoms with E-state index in [-0.39, 0.29) is 28.1 Å². The molecule has 0 atom stereocenters. The summed E-state index contributed by atoms with van der Waals surface area (Å²) in [5.74, 6) is 0.0217. The van der Waals surface area contributed by atoms with Crippen molar-refractivity contribution in [2.24, 2.45) is 0 Å². The highest BCUT2D eigenvalue weighted by molar-refractivity contribution is 6.37. The number of amides is 2. The van der Waals surface area contributed by atoms with Gasteiger partial charge >= 0.3 is 0 Å². The van der Waals surface area contributed by atoms with Gasteiger partial charge in [0.1, 0.15) is 5.56 Å². The highest BCUT2D eigenvalue weighted by Crippen LogP contribution is 2.33. The van der Waals surface area contributed by atoms with Gasteiger partial charge in [0.2, 0.25) is 5.91 Å². The number of carbonyl (C=O) groups excluding carboxylic acids is 2. The zero-order chi connectivity index (χ0) is 16.1. The monoisotopic (exact) mass is 344 g/mol. The molecule has 22 heavy (non-hydrogen) atoms. The zero-order valence-corrected chi connectivity index (χ0v) is 13.8. The third-order valence-electron chi connectivity index (χ3n) is 3.58. The predicted octanol–water partition coefficient (Wildman–Crippen LogP) is 2.74. The molecule has 0 aromatic heterocycles. The van der Waals surface area contributed by atoms with E-state index in [2.05, 4.69) is 5.32 Å². The fraction of sp³-hybridized carbons (Fsp3) is 0.467. The number of rotatable bonds is 5. The predicted molar refractivity (Wildman–Crippen MR) is 85.8 cm³/mol. The number of piperidine rings is 1. The Balaban J connectivity index is 1.98. The Morgan fingerprint density at radius 2 is 2.05 bits per heavy atom. The molecule has 1 aromatic rings. The van der Waals surface area contributed by atoms with Gasteiger partial charge in [-0.2, -0.15) is 0 Å². The summed E-state index contributed by atoms with van der Waals surface area (Å²) in [6.07, 6.45) is 2.53. The summed E-state index contributed by atoms with van der Waals surface area (Å²) in [6, 6.07) is 3.13. The molecule has 1 fully saturated rings. The van der Waals surface area contributed by atoms with Gasteiger partial charge in [-0.1, -0.05) is 23.2 Å². The van der Waals surface area contributed by atoms with Gasteiger partial charge in [-0.25, -0.2) is 0 Å². The Bertz CT molecular complexity index is 578. The van der Waals surface area contributed by atoms with Crippen LogP contribution in [-0.4, -0.2) is 43.5 Å². The highest BCUT2D eigenvalue weighted by Gasteiger charge is 2.21. The number of benzene rings is 1. The van der Waals surface area contributed by atoms with E-state index >= 15 is 0 Å². The summed E-state index contributed by atoms with van der Waals surface area (Å²) in [7, 11) is 1.43. The number of likely N-dealkylation sites (tertiary alicyclic amines) is 1. The summed E-state index contributed by atoms with van der Waals surface area (Å²) in [6.45, 7) is 1.59. The number of hydrogen-bond acceptors (Lipinski definition) is 3. The molecule has 7 heteroatoms. The molecule has 0 spiro atoms. The molecule has 0 saturated carbocycles. The molecule has 1 aromatic carbocycles. The molecule has 2 rings (SSSR count). The molecule has 1 N–H and O–H groups in total. The first-order chi connectivity index (χ1) is 10.5. The summed E-state index contributed by atoms with van der Waals surface area (Å²) in [5, 5.41) is 3.35. The molecule has 2 amide bonds. The van der Waals surface area contributed by atoms with Crippen LogP contribution in [0.25, 0.3) is 0 Å². The van der Waals surface area contributed by atoms with Crippen molar-refractivity contribution < 1.29 is 14.3 Å². The minimum Gasteiger partial charge on any atom is -0.494 e. The maximum absolute atomic E-state index is 12.3. The van der Waals surface area contributed by atoms with Crippen LogP contribution in [0, 0.1) is 0 Å². The largest absolute Gasteiger partial charge is 0.494 e. The topological polar surface area (TPSA) is 58.6 Å². The Labute approximate surface area is 139 Å². The third-order valence-corrected chi connectivity index (χ3v) is 4.19. The van der Waals surface area contributed by atoms with Gasteiger partial charge in [0.15, 0.2) is 5.75 Å². The highest BCUT2D eigenvalue weighted by atomic mass is 35.5. The van der Waals surface area contributed by atoms with Crippen molar-refractivity contribution in [2.75, 3.05) is 26.7 Å². The lowest BCUT2D eigenvalue weighted by molar-refractivity contribution is -0.133. The quantitative estimate of drug-likeness (QED) is 0.893. The van der Waals surface area contributed by atoms with Crippen molar-refractivity contribution in [1.29, 1.82) is 0 Å². The lowest BCUT2D eigenvalue weighted by atomic mass is 10.1. The Morgan fingerprint density at radius 1 is 1.32 bits per heavy atom. The van der Waals surface area contributed by atoms with Crippen molar-refractivity contribution in [3.8, 4) is 5.75 Å². The first-order valence-corrected chi connectivity index (χ1v) is 7.88. The lowest BCUT2D eigenvalue weighted by Gasteiger charge is -2.26. The van der Waals surface area contributed by atoms with Gasteiger partial charge in [-0.3, -0.25) is 9.59 Å². The maximum atomic E-state index is 12.3. The summed E-state index contributed by atoms with van der Waals surface area (Å²) in [4.78, 5) is 25.7. The van der Waals surface area contributed by atoms with Crippen LogP contribution in [0.5, 0.6) is 5.75 Å². The second-order valence-electron chi connectivity index (χ2n) is 5.03. The lowest BCUT2D eigenvalue weighted by Crippen LogP contribution is -2.41. The molecular formula is C15H18Cl2N2O3. The van der Waals surface area contributed by atoms with Gasteiger partial charge in [-0.15, -0.1) is 0 Å². The van der Waals surface area contributed by atoms with Crippen LogP contribution in [0.2, 0.25) is 10.0 Å². The number of methoxy groups -OCH3 is 1. The van der Waals surface area contributed by atoms with E-state index in [0.29, 0.717) is 24.5 Å². The van der Waals surface area contributed by atoms with Crippen molar-refractivity contribution in [1.82, 2.24) is 10.2 Å². The van der Waals surface area contributed by atoms with Crippen molar-refractivity contribution in [3.63, 3.8) is 0 Å². The summed E-state index contributed by atoms with van der Waals surface area (Å²) in [5.41, 5.74) is 0.210. The van der Waals surface area contributed by atoms with Crippen LogP contribution in [-0.2, 0) is 4.79 Å². The van der Waals surface area contributed by atoms with Crippen LogP contribution >= 0.6 is 23.2 Å². The third kappa shape index (κ3) is 3.84. The van der Waals surface area contributed by atoms with Crippen LogP contribution in [0.4, 0.5) is 0 Å². The number of carbonyl (C=O) groups is 2. The van der Waals surface area contributed by atoms with Crippen molar-refractivity contribution >= 4 is 35.0 Å². The molecule has 1 heterocycles. The second kappa shape index (κ2) is 7.70. The van der Waals surface area contributed by atoms with Crippen molar-refractivity contribution in [3.05, 3.63) is 27.7 Å². The average molecular weight is 345 g/mol. The van der Waals surface area contributed by atoms with E-state index in [1.54, 1.807) is 17.0 Å². The van der Waals surface area contributed by atoms with E-state index in [4.69, 9.17) is 27.9 Å². The zero-order valence-electron chi connectivity index (χ0n) is 12.3. The van der Waals surface area contributed by atoms with E-state index < -0.39 is 0 Å².